The Morgan fingerprint density at radius 2 is 2.15 bits per heavy atom. The van der Waals surface area contributed by atoms with E-state index in [1.807, 2.05) is 26.0 Å². The van der Waals surface area contributed by atoms with Crippen LogP contribution in [0.1, 0.15) is 25.5 Å². The highest BCUT2D eigenvalue weighted by atomic mass is 35.5. The maximum Gasteiger partial charge on any atom is 0.279 e. The van der Waals surface area contributed by atoms with E-state index >= 15 is 0 Å². The van der Waals surface area contributed by atoms with Gasteiger partial charge in [-0.2, -0.15) is 12.7 Å². The van der Waals surface area contributed by atoms with Crippen molar-refractivity contribution in [3.05, 3.63) is 34.9 Å². The Kier molecular flexibility index (Phi) is 4.41. The van der Waals surface area contributed by atoms with Gasteiger partial charge in [-0.1, -0.05) is 23.7 Å². The van der Waals surface area contributed by atoms with Crippen molar-refractivity contribution in [1.82, 2.24) is 9.03 Å². The van der Waals surface area contributed by atoms with Crippen molar-refractivity contribution < 1.29 is 13.2 Å². The van der Waals surface area contributed by atoms with E-state index in [0.29, 0.717) is 11.6 Å². The van der Waals surface area contributed by atoms with E-state index < -0.39 is 15.7 Å². The van der Waals surface area contributed by atoms with Gasteiger partial charge >= 0.3 is 0 Å². The molecule has 0 radical (unpaired) electrons. The third-order valence-electron chi connectivity index (χ3n) is 3.41. The normalized spacial score (nSPS) is 23.7. The highest BCUT2D eigenvalue weighted by Gasteiger charge is 2.42. The summed E-state index contributed by atoms with van der Waals surface area (Å²) in [6.45, 7) is 4.27. The minimum absolute atomic E-state index is 0.260. The highest BCUT2D eigenvalue weighted by Crippen LogP contribution is 2.32. The summed E-state index contributed by atoms with van der Waals surface area (Å²) in [6.07, 6.45) is -0.315. The lowest BCUT2D eigenvalue weighted by Gasteiger charge is -2.43. The number of ether oxygens (including phenoxy) is 1. The molecule has 1 fully saturated rings. The Balaban J connectivity index is 2.29. The number of hydrogen-bond acceptors (Lipinski definition) is 3. The predicted octanol–water partition coefficient (Wildman–Crippen LogP) is 1.96. The Labute approximate surface area is 125 Å². The molecule has 1 heterocycles. The van der Waals surface area contributed by atoms with Crippen LogP contribution in [-0.2, 0) is 14.9 Å². The quantitative estimate of drug-likeness (QED) is 0.927. The minimum atomic E-state index is -3.51. The Bertz CT molecular complexity index is 589. The van der Waals surface area contributed by atoms with E-state index in [9.17, 15) is 8.42 Å². The molecule has 20 heavy (non-hydrogen) atoms. The van der Waals surface area contributed by atoms with Crippen LogP contribution in [0.3, 0.4) is 0 Å². The van der Waals surface area contributed by atoms with Gasteiger partial charge < -0.3 is 4.74 Å². The van der Waals surface area contributed by atoms with E-state index in [4.69, 9.17) is 16.3 Å². The van der Waals surface area contributed by atoms with Gasteiger partial charge in [0.2, 0.25) is 0 Å². The molecule has 1 aromatic carbocycles. The molecule has 1 N–H and O–H groups in total. The summed E-state index contributed by atoms with van der Waals surface area (Å²) >= 11 is 5.97. The van der Waals surface area contributed by atoms with Gasteiger partial charge in [0.25, 0.3) is 10.2 Å². The predicted molar refractivity (Wildman–Crippen MR) is 78.9 cm³/mol. The first-order valence-corrected chi connectivity index (χ1v) is 8.16. The molecular weight excluding hydrogens is 300 g/mol. The number of halogens is 1. The summed E-state index contributed by atoms with van der Waals surface area (Å²) in [5.41, 5.74) is 0.293. The highest BCUT2D eigenvalue weighted by molar-refractivity contribution is 7.87. The lowest BCUT2D eigenvalue weighted by molar-refractivity contribution is -0.0658. The van der Waals surface area contributed by atoms with Crippen molar-refractivity contribution in [2.24, 2.45) is 0 Å². The molecule has 0 saturated carbocycles. The summed E-state index contributed by atoms with van der Waals surface area (Å²) in [4.78, 5) is 0. The van der Waals surface area contributed by atoms with Gasteiger partial charge in [0.05, 0.1) is 18.2 Å². The van der Waals surface area contributed by atoms with Crippen molar-refractivity contribution in [2.45, 2.75) is 25.5 Å². The zero-order valence-electron chi connectivity index (χ0n) is 11.8. The second-order valence-electron chi connectivity index (χ2n) is 5.41. The van der Waals surface area contributed by atoms with Crippen LogP contribution in [0.25, 0.3) is 0 Å². The zero-order valence-corrected chi connectivity index (χ0v) is 13.3. The largest absolute Gasteiger partial charge is 0.370 e. The molecule has 0 bridgehead atoms. The van der Waals surface area contributed by atoms with Crippen LogP contribution in [0.15, 0.2) is 24.3 Å². The number of benzene rings is 1. The summed E-state index contributed by atoms with van der Waals surface area (Å²) in [7, 11) is -2.10. The first kappa shape index (κ1) is 15.7. The summed E-state index contributed by atoms with van der Waals surface area (Å²) in [5, 5.41) is 0.610. The summed E-state index contributed by atoms with van der Waals surface area (Å²) in [6, 6.07) is 7.30. The first-order valence-electron chi connectivity index (χ1n) is 6.35. The lowest BCUT2D eigenvalue weighted by Crippen LogP contribution is -2.58. The summed E-state index contributed by atoms with van der Waals surface area (Å²) in [5.74, 6) is 0. The molecule has 2 rings (SSSR count). The molecular formula is C13H19ClN2O3S. The number of morpholine rings is 1. The number of rotatable bonds is 3. The molecule has 0 spiro atoms. The van der Waals surface area contributed by atoms with Gasteiger partial charge in [-0.15, -0.1) is 0 Å². The van der Waals surface area contributed by atoms with Gasteiger partial charge in [0, 0.05) is 18.6 Å². The smallest absolute Gasteiger partial charge is 0.279 e. The molecule has 112 valence electrons. The van der Waals surface area contributed by atoms with Gasteiger partial charge in [-0.25, -0.2) is 4.72 Å². The molecule has 0 aliphatic carbocycles. The number of hydrogen-bond donors (Lipinski definition) is 1. The van der Waals surface area contributed by atoms with Crippen molar-refractivity contribution in [3.63, 3.8) is 0 Å². The van der Waals surface area contributed by atoms with Crippen molar-refractivity contribution >= 4 is 21.8 Å². The Morgan fingerprint density at radius 3 is 2.75 bits per heavy atom. The maximum absolute atomic E-state index is 12.1. The topological polar surface area (TPSA) is 58.6 Å². The standard InChI is InChI=1S/C13H19ClN2O3S/c1-13(2)9-19-12(8-16(13)20(17,18)15-3)10-5-4-6-11(14)7-10/h4-7,12,15H,8-9H2,1-3H3. The third-order valence-corrected chi connectivity index (χ3v) is 5.39. The van der Waals surface area contributed by atoms with Crippen molar-refractivity contribution in [2.75, 3.05) is 20.2 Å². The second-order valence-corrected chi connectivity index (χ2v) is 7.64. The minimum Gasteiger partial charge on any atom is -0.370 e. The molecule has 0 amide bonds. The fourth-order valence-electron chi connectivity index (χ4n) is 2.27. The van der Waals surface area contributed by atoms with Crippen molar-refractivity contribution in [1.29, 1.82) is 0 Å². The molecule has 1 saturated heterocycles. The monoisotopic (exact) mass is 318 g/mol. The van der Waals surface area contributed by atoms with Crippen LogP contribution >= 0.6 is 11.6 Å². The Morgan fingerprint density at radius 1 is 1.45 bits per heavy atom. The molecule has 1 unspecified atom stereocenters. The van der Waals surface area contributed by atoms with Crippen molar-refractivity contribution in [3.8, 4) is 0 Å². The molecule has 1 aliphatic rings. The molecule has 1 aromatic rings. The van der Waals surface area contributed by atoms with Gasteiger partial charge in [-0.3, -0.25) is 0 Å². The van der Waals surface area contributed by atoms with Crippen LogP contribution in [0, 0.1) is 0 Å². The SMILES string of the molecule is CNS(=O)(=O)N1CC(c2cccc(Cl)c2)OCC1(C)C. The van der Waals surface area contributed by atoms with Gasteiger partial charge in [0.15, 0.2) is 0 Å². The fourth-order valence-corrected chi connectivity index (χ4v) is 3.72. The van der Waals surface area contributed by atoms with Crippen LogP contribution in [0.4, 0.5) is 0 Å². The fraction of sp³-hybridized carbons (Fsp3) is 0.538. The van der Waals surface area contributed by atoms with Crippen LogP contribution in [-0.4, -0.2) is 38.5 Å². The molecule has 1 atom stereocenters. The molecule has 5 nitrogen and oxygen atoms in total. The molecule has 7 heteroatoms. The van der Waals surface area contributed by atoms with E-state index in [-0.39, 0.29) is 12.6 Å². The van der Waals surface area contributed by atoms with Crippen LogP contribution in [0.2, 0.25) is 5.02 Å². The maximum atomic E-state index is 12.1. The van der Waals surface area contributed by atoms with E-state index in [1.54, 1.807) is 12.1 Å². The second kappa shape index (κ2) is 5.61. The van der Waals surface area contributed by atoms with E-state index in [0.717, 1.165) is 5.56 Å². The van der Waals surface area contributed by atoms with Gasteiger partial charge in [0.1, 0.15) is 0 Å². The van der Waals surface area contributed by atoms with Gasteiger partial charge in [-0.05, 0) is 31.5 Å². The van der Waals surface area contributed by atoms with Crippen LogP contribution in [0.5, 0.6) is 0 Å². The molecule has 0 aromatic heterocycles. The average Bonchev–Trinajstić information content (AvgIpc) is 2.38. The lowest BCUT2D eigenvalue weighted by atomic mass is 10.0. The third kappa shape index (κ3) is 3.15. The van der Waals surface area contributed by atoms with E-state index in [2.05, 4.69) is 4.72 Å². The summed E-state index contributed by atoms with van der Waals surface area (Å²) < 4.78 is 33.9. The number of nitrogens with zero attached hydrogens (tertiary/aromatic N) is 1. The first-order chi connectivity index (χ1) is 9.26. The zero-order chi connectivity index (χ0) is 15.0. The molecule has 1 aliphatic heterocycles. The Hall–Kier alpha value is -0.660. The average molecular weight is 319 g/mol. The number of nitrogens with one attached hydrogen (secondary N) is 1. The van der Waals surface area contributed by atoms with E-state index in [1.165, 1.54) is 11.4 Å². The van der Waals surface area contributed by atoms with Crippen LogP contribution < -0.4 is 4.72 Å².